The number of carbonyl (C=O) groups excluding carboxylic acids is 1. The summed E-state index contributed by atoms with van der Waals surface area (Å²) in [5.74, 6) is -0.201. The SMILES string of the molecule is CC(C)(C)C(=O)ON1CCC[C@@H](n2cc(N)cn2)C1. The third-order valence-electron chi connectivity index (χ3n) is 3.18. The summed E-state index contributed by atoms with van der Waals surface area (Å²) in [4.78, 5) is 17.3. The molecule has 0 unspecified atom stereocenters. The van der Waals surface area contributed by atoms with Crippen molar-refractivity contribution < 1.29 is 9.63 Å². The standard InChI is InChI=1S/C13H22N4O2/c1-13(2,3)12(18)19-16-6-4-5-11(9-16)17-8-10(14)7-15-17/h7-8,11H,4-6,9,14H2,1-3H3/t11-/m1/s1. The van der Waals surface area contributed by atoms with Gasteiger partial charge in [0.15, 0.2) is 0 Å². The van der Waals surface area contributed by atoms with Gasteiger partial charge in [0.05, 0.1) is 29.9 Å². The highest BCUT2D eigenvalue weighted by Gasteiger charge is 2.29. The Balaban J connectivity index is 1.96. The summed E-state index contributed by atoms with van der Waals surface area (Å²) in [6, 6.07) is 0.207. The molecule has 0 amide bonds. The van der Waals surface area contributed by atoms with E-state index >= 15 is 0 Å². The van der Waals surface area contributed by atoms with Crippen LogP contribution in [0.1, 0.15) is 39.7 Å². The van der Waals surface area contributed by atoms with Crippen molar-refractivity contribution in [2.75, 3.05) is 18.8 Å². The van der Waals surface area contributed by atoms with Crippen LogP contribution < -0.4 is 5.73 Å². The number of hydrogen-bond acceptors (Lipinski definition) is 5. The summed E-state index contributed by atoms with van der Waals surface area (Å²) in [6.07, 6.45) is 5.45. The van der Waals surface area contributed by atoms with E-state index in [9.17, 15) is 4.79 Å². The van der Waals surface area contributed by atoms with E-state index in [2.05, 4.69) is 5.10 Å². The first-order chi connectivity index (χ1) is 8.86. The summed E-state index contributed by atoms with van der Waals surface area (Å²) in [5.41, 5.74) is 5.85. The van der Waals surface area contributed by atoms with Gasteiger partial charge in [0, 0.05) is 12.7 Å². The molecule has 2 rings (SSSR count). The highest BCUT2D eigenvalue weighted by molar-refractivity contribution is 5.75. The molecule has 0 radical (unpaired) electrons. The molecular formula is C13H22N4O2. The van der Waals surface area contributed by atoms with Gasteiger partial charge in [-0.15, -0.1) is 5.06 Å². The van der Waals surface area contributed by atoms with Crippen LogP contribution in [0.15, 0.2) is 12.4 Å². The van der Waals surface area contributed by atoms with Crippen molar-refractivity contribution in [2.45, 2.75) is 39.7 Å². The van der Waals surface area contributed by atoms with Gasteiger partial charge in [-0.25, -0.2) is 4.79 Å². The minimum Gasteiger partial charge on any atom is -0.396 e. The predicted molar refractivity (Wildman–Crippen MR) is 72.0 cm³/mol. The summed E-state index contributed by atoms with van der Waals surface area (Å²) in [7, 11) is 0. The first kappa shape index (κ1) is 13.9. The molecule has 6 heteroatoms. The number of aromatic nitrogens is 2. The van der Waals surface area contributed by atoms with Gasteiger partial charge in [0.25, 0.3) is 0 Å². The Morgan fingerprint density at radius 2 is 2.26 bits per heavy atom. The summed E-state index contributed by atoms with van der Waals surface area (Å²) in [5, 5.41) is 5.96. The first-order valence-corrected chi connectivity index (χ1v) is 6.63. The lowest BCUT2D eigenvalue weighted by molar-refractivity contribution is -0.207. The van der Waals surface area contributed by atoms with E-state index < -0.39 is 5.41 Å². The smallest absolute Gasteiger partial charge is 0.330 e. The van der Waals surface area contributed by atoms with Crippen LogP contribution in [0.3, 0.4) is 0 Å². The topological polar surface area (TPSA) is 73.4 Å². The molecule has 1 atom stereocenters. The average molecular weight is 266 g/mol. The van der Waals surface area contributed by atoms with E-state index in [0.29, 0.717) is 12.2 Å². The number of rotatable bonds is 2. The Morgan fingerprint density at radius 1 is 1.53 bits per heavy atom. The number of anilines is 1. The van der Waals surface area contributed by atoms with Crippen molar-refractivity contribution in [1.29, 1.82) is 0 Å². The molecule has 106 valence electrons. The van der Waals surface area contributed by atoms with E-state index in [-0.39, 0.29) is 12.0 Å². The third-order valence-corrected chi connectivity index (χ3v) is 3.18. The number of nitrogens with two attached hydrogens (primary N) is 1. The minimum absolute atomic E-state index is 0.201. The summed E-state index contributed by atoms with van der Waals surface area (Å²) < 4.78 is 1.85. The number of nitrogens with zero attached hydrogens (tertiary/aromatic N) is 3. The molecule has 0 aromatic carbocycles. The van der Waals surface area contributed by atoms with Crippen LogP contribution in [-0.4, -0.2) is 33.9 Å². The molecule has 0 bridgehead atoms. The molecule has 1 aromatic rings. The molecule has 1 fully saturated rings. The Bertz CT molecular complexity index is 450. The van der Waals surface area contributed by atoms with E-state index in [0.717, 1.165) is 19.4 Å². The molecular weight excluding hydrogens is 244 g/mol. The van der Waals surface area contributed by atoms with Crippen molar-refractivity contribution in [3.05, 3.63) is 12.4 Å². The second kappa shape index (κ2) is 5.21. The quantitative estimate of drug-likeness (QED) is 0.880. The maximum atomic E-state index is 11.9. The fourth-order valence-electron chi connectivity index (χ4n) is 2.03. The average Bonchev–Trinajstić information content (AvgIpc) is 2.75. The molecule has 0 spiro atoms. The van der Waals surface area contributed by atoms with Gasteiger partial charge in [0.1, 0.15) is 0 Å². The van der Waals surface area contributed by atoms with Gasteiger partial charge in [-0.2, -0.15) is 5.10 Å². The Kier molecular flexibility index (Phi) is 3.80. The highest BCUT2D eigenvalue weighted by Crippen LogP contribution is 2.24. The van der Waals surface area contributed by atoms with E-state index in [4.69, 9.17) is 10.6 Å². The van der Waals surface area contributed by atoms with Gasteiger partial charge >= 0.3 is 5.97 Å². The number of piperidine rings is 1. The second-order valence-corrected chi connectivity index (χ2v) is 6.07. The zero-order valence-electron chi connectivity index (χ0n) is 11.8. The number of carbonyl (C=O) groups is 1. The number of hydroxylamine groups is 2. The van der Waals surface area contributed by atoms with Gasteiger partial charge in [-0.1, -0.05) is 0 Å². The Morgan fingerprint density at radius 3 is 2.84 bits per heavy atom. The van der Waals surface area contributed by atoms with E-state index in [1.807, 2.05) is 31.6 Å². The molecule has 2 heterocycles. The number of nitrogen functional groups attached to an aromatic ring is 1. The van der Waals surface area contributed by atoms with E-state index in [1.54, 1.807) is 11.3 Å². The molecule has 0 aliphatic carbocycles. The molecule has 19 heavy (non-hydrogen) atoms. The molecule has 1 aromatic heterocycles. The van der Waals surface area contributed by atoms with E-state index in [1.165, 1.54) is 0 Å². The van der Waals surface area contributed by atoms with Gasteiger partial charge < -0.3 is 10.6 Å². The van der Waals surface area contributed by atoms with Gasteiger partial charge in [0.2, 0.25) is 0 Å². The van der Waals surface area contributed by atoms with Crippen LogP contribution in [-0.2, 0) is 9.63 Å². The molecule has 1 aliphatic rings. The van der Waals surface area contributed by atoms with Gasteiger partial charge in [-0.05, 0) is 33.6 Å². The Labute approximate surface area is 113 Å². The summed E-state index contributed by atoms with van der Waals surface area (Å²) >= 11 is 0. The maximum absolute atomic E-state index is 11.9. The van der Waals surface area contributed by atoms with Crippen molar-refractivity contribution in [2.24, 2.45) is 5.41 Å². The van der Waals surface area contributed by atoms with Crippen LogP contribution in [0.4, 0.5) is 5.69 Å². The van der Waals surface area contributed by atoms with Crippen molar-refractivity contribution in [3.8, 4) is 0 Å². The highest BCUT2D eigenvalue weighted by atomic mass is 16.7. The van der Waals surface area contributed by atoms with Crippen LogP contribution in [0.5, 0.6) is 0 Å². The zero-order chi connectivity index (χ0) is 14.0. The molecule has 2 N–H and O–H groups in total. The molecule has 1 saturated heterocycles. The largest absolute Gasteiger partial charge is 0.396 e. The molecule has 1 aliphatic heterocycles. The van der Waals surface area contributed by atoms with Crippen LogP contribution in [0, 0.1) is 5.41 Å². The summed E-state index contributed by atoms with van der Waals surface area (Å²) in [6.45, 7) is 6.99. The second-order valence-electron chi connectivity index (χ2n) is 6.07. The predicted octanol–water partition coefficient (Wildman–Crippen LogP) is 1.61. The zero-order valence-corrected chi connectivity index (χ0v) is 11.8. The first-order valence-electron chi connectivity index (χ1n) is 6.63. The lowest BCUT2D eigenvalue weighted by Gasteiger charge is -2.32. The van der Waals surface area contributed by atoms with Crippen LogP contribution in [0.25, 0.3) is 0 Å². The van der Waals surface area contributed by atoms with Gasteiger partial charge in [-0.3, -0.25) is 4.68 Å². The fourth-order valence-corrected chi connectivity index (χ4v) is 2.03. The van der Waals surface area contributed by atoms with Crippen LogP contribution in [0.2, 0.25) is 0 Å². The maximum Gasteiger partial charge on any atom is 0.330 e. The van der Waals surface area contributed by atoms with Crippen molar-refractivity contribution in [1.82, 2.24) is 14.8 Å². The van der Waals surface area contributed by atoms with Crippen molar-refractivity contribution in [3.63, 3.8) is 0 Å². The minimum atomic E-state index is -0.483. The molecule has 0 saturated carbocycles. The molecule has 6 nitrogen and oxygen atoms in total. The number of hydrogen-bond donors (Lipinski definition) is 1. The Hall–Kier alpha value is -1.56. The van der Waals surface area contributed by atoms with Crippen molar-refractivity contribution >= 4 is 11.7 Å². The normalized spacial score (nSPS) is 21.3. The van der Waals surface area contributed by atoms with Crippen LogP contribution >= 0.6 is 0 Å². The lowest BCUT2D eigenvalue weighted by atomic mass is 9.98. The monoisotopic (exact) mass is 266 g/mol. The lowest BCUT2D eigenvalue weighted by Crippen LogP contribution is -2.40. The third kappa shape index (κ3) is 3.47. The fraction of sp³-hybridized carbons (Fsp3) is 0.692.